The third-order valence-corrected chi connectivity index (χ3v) is 6.21. The van der Waals surface area contributed by atoms with E-state index in [-0.39, 0.29) is 6.42 Å². The summed E-state index contributed by atoms with van der Waals surface area (Å²) in [6.07, 6.45) is 0.667. The van der Waals surface area contributed by atoms with E-state index in [0.717, 1.165) is 17.4 Å². The van der Waals surface area contributed by atoms with Gasteiger partial charge in [0.25, 0.3) is 0 Å². The predicted octanol–water partition coefficient (Wildman–Crippen LogP) is 2.42. The maximum atomic E-state index is 10.5. The number of carboxylic acid groups (broad SMARTS) is 1. The average molecular weight is 304 g/mol. The van der Waals surface area contributed by atoms with Crippen molar-refractivity contribution >= 4 is 46.0 Å². The van der Waals surface area contributed by atoms with Gasteiger partial charge in [-0.15, -0.1) is 11.3 Å². The summed E-state index contributed by atoms with van der Waals surface area (Å²) < 4.78 is 0. The molecule has 4 nitrogen and oxygen atoms in total. The van der Waals surface area contributed by atoms with Crippen molar-refractivity contribution < 1.29 is 9.90 Å². The Morgan fingerprint density at radius 3 is 3.17 bits per heavy atom. The van der Waals surface area contributed by atoms with Crippen LogP contribution >= 0.6 is 34.9 Å². The number of hydrogen-bond donors (Lipinski definition) is 2. The molecule has 1 fully saturated rings. The Kier molecular flexibility index (Phi) is 5.65. The second-order valence-electron chi connectivity index (χ2n) is 3.99. The molecule has 1 atom stereocenters. The number of aliphatic carboxylic acids is 1. The number of aromatic nitrogens is 1. The number of thiazole rings is 1. The minimum Gasteiger partial charge on any atom is -0.481 e. The van der Waals surface area contributed by atoms with Crippen LogP contribution in [0.15, 0.2) is 5.38 Å². The molecule has 1 aromatic heterocycles. The molecule has 1 aliphatic rings. The van der Waals surface area contributed by atoms with Crippen molar-refractivity contribution in [1.82, 2.24) is 4.98 Å². The Labute approximate surface area is 119 Å². The number of hydrogen-bond acceptors (Lipinski definition) is 6. The maximum Gasteiger partial charge on any atom is 0.303 e. The van der Waals surface area contributed by atoms with Gasteiger partial charge in [0.2, 0.25) is 0 Å². The van der Waals surface area contributed by atoms with Crippen molar-refractivity contribution in [1.29, 1.82) is 0 Å². The van der Waals surface area contributed by atoms with E-state index in [9.17, 15) is 4.79 Å². The fourth-order valence-electron chi connectivity index (χ4n) is 1.59. The summed E-state index contributed by atoms with van der Waals surface area (Å²) in [7, 11) is 0. The highest BCUT2D eigenvalue weighted by Gasteiger charge is 2.14. The predicted molar refractivity (Wildman–Crippen MR) is 80.1 cm³/mol. The lowest BCUT2D eigenvalue weighted by Crippen LogP contribution is -2.23. The Hall–Kier alpha value is -0.400. The van der Waals surface area contributed by atoms with E-state index in [4.69, 9.17) is 5.11 Å². The first-order chi connectivity index (χ1) is 8.74. The molecule has 0 spiro atoms. The molecule has 0 saturated carbocycles. The molecule has 1 aliphatic heterocycles. The van der Waals surface area contributed by atoms with Gasteiger partial charge in [0.15, 0.2) is 5.13 Å². The van der Waals surface area contributed by atoms with Crippen LogP contribution in [0.2, 0.25) is 0 Å². The third-order valence-electron chi connectivity index (χ3n) is 2.51. The summed E-state index contributed by atoms with van der Waals surface area (Å²) in [4.78, 5) is 14.9. The zero-order valence-electron chi connectivity index (χ0n) is 9.92. The molecule has 18 heavy (non-hydrogen) atoms. The summed E-state index contributed by atoms with van der Waals surface area (Å²) in [6, 6.07) is 0. The van der Waals surface area contributed by atoms with E-state index in [1.165, 1.54) is 17.3 Å². The van der Waals surface area contributed by atoms with Gasteiger partial charge in [-0.1, -0.05) is 0 Å². The molecule has 7 heteroatoms. The van der Waals surface area contributed by atoms with E-state index in [0.29, 0.717) is 11.7 Å². The standard InChI is InChI=1S/C11H16N2O2S3/c14-10(15)2-1-8-6-18-11(13-8)12-5-9-7-16-3-4-17-9/h6,9H,1-5,7H2,(H,12,13)(H,14,15). The van der Waals surface area contributed by atoms with Gasteiger partial charge in [-0.25, -0.2) is 4.98 Å². The molecule has 2 heterocycles. The smallest absolute Gasteiger partial charge is 0.303 e. The summed E-state index contributed by atoms with van der Waals surface area (Å²) in [6.45, 7) is 0.948. The molecule has 0 aliphatic carbocycles. The van der Waals surface area contributed by atoms with Crippen LogP contribution < -0.4 is 5.32 Å². The number of aryl methyl sites for hydroxylation is 1. The number of carbonyl (C=O) groups is 1. The number of thioether (sulfide) groups is 2. The molecule has 1 unspecified atom stereocenters. The van der Waals surface area contributed by atoms with Gasteiger partial charge in [-0.3, -0.25) is 4.79 Å². The summed E-state index contributed by atoms with van der Waals surface area (Å²) in [5.74, 6) is 2.93. The van der Waals surface area contributed by atoms with Crippen LogP contribution in [-0.2, 0) is 11.2 Å². The lowest BCUT2D eigenvalue weighted by molar-refractivity contribution is -0.136. The van der Waals surface area contributed by atoms with Crippen LogP contribution in [0.3, 0.4) is 0 Å². The summed E-state index contributed by atoms with van der Waals surface area (Å²) in [5, 5.41) is 15.5. The van der Waals surface area contributed by atoms with E-state index in [1.54, 1.807) is 11.3 Å². The van der Waals surface area contributed by atoms with E-state index in [1.807, 2.05) is 28.9 Å². The molecule has 0 radical (unpaired) electrons. The first-order valence-electron chi connectivity index (χ1n) is 5.83. The van der Waals surface area contributed by atoms with Crippen LogP contribution in [0, 0.1) is 0 Å². The number of rotatable bonds is 6. The molecule has 1 aromatic rings. The van der Waals surface area contributed by atoms with E-state index in [2.05, 4.69) is 10.3 Å². The van der Waals surface area contributed by atoms with Crippen molar-refractivity contribution in [2.24, 2.45) is 0 Å². The lowest BCUT2D eigenvalue weighted by Gasteiger charge is -2.20. The first-order valence-corrected chi connectivity index (χ1v) is 8.92. The largest absolute Gasteiger partial charge is 0.481 e. The quantitative estimate of drug-likeness (QED) is 0.841. The average Bonchev–Trinajstić information content (AvgIpc) is 2.83. The molecule has 0 bridgehead atoms. The molecular weight excluding hydrogens is 288 g/mol. The zero-order chi connectivity index (χ0) is 12.8. The van der Waals surface area contributed by atoms with Gasteiger partial charge in [-0.05, 0) is 0 Å². The highest BCUT2D eigenvalue weighted by molar-refractivity contribution is 8.06. The van der Waals surface area contributed by atoms with Crippen molar-refractivity contribution in [2.75, 3.05) is 29.1 Å². The fourth-order valence-corrected chi connectivity index (χ4v) is 4.96. The normalized spacial score (nSPS) is 19.7. The van der Waals surface area contributed by atoms with Crippen LogP contribution in [-0.4, -0.2) is 45.1 Å². The van der Waals surface area contributed by atoms with Gasteiger partial charge in [0, 0.05) is 40.9 Å². The van der Waals surface area contributed by atoms with Crippen LogP contribution in [0.1, 0.15) is 12.1 Å². The summed E-state index contributed by atoms with van der Waals surface area (Å²) >= 11 is 5.59. The van der Waals surface area contributed by atoms with Gasteiger partial charge in [0.1, 0.15) is 0 Å². The van der Waals surface area contributed by atoms with Gasteiger partial charge < -0.3 is 10.4 Å². The van der Waals surface area contributed by atoms with Gasteiger partial charge >= 0.3 is 5.97 Å². The summed E-state index contributed by atoms with van der Waals surface area (Å²) in [5.41, 5.74) is 0.871. The van der Waals surface area contributed by atoms with Crippen molar-refractivity contribution in [3.63, 3.8) is 0 Å². The van der Waals surface area contributed by atoms with E-state index < -0.39 is 5.97 Å². The molecular formula is C11H16N2O2S3. The number of nitrogens with one attached hydrogen (secondary N) is 1. The number of nitrogens with zero attached hydrogens (tertiary/aromatic N) is 1. The van der Waals surface area contributed by atoms with E-state index >= 15 is 0 Å². The van der Waals surface area contributed by atoms with Gasteiger partial charge in [-0.2, -0.15) is 23.5 Å². The van der Waals surface area contributed by atoms with Crippen molar-refractivity contribution in [3.8, 4) is 0 Å². The highest BCUT2D eigenvalue weighted by Crippen LogP contribution is 2.25. The topological polar surface area (TPSA) is 62.2 Å². The molecule has 0 amide bonds. The Morgan fingerprint density at radius 1 is 1.56 bits per heavy atom. The molecule has 0 aromatic carbocycles. The first kappa shape index (κ1) is 14.0. The van der Waals surface area contributed by atoms with Crippen molar-refractivity contribution in [3.05, 3.63) is 11.1 Å². The Morgan fingerprint density at radius 2 is 2.44 bits per heavy atom. The highest BCUT2D eigenvalue weighted by atomic mass is 32.2. The van der Waals surface area contributed by atoms with Crippen LogP contribution in [0.5, 0.6) is 0 Å². The second-order valence-corrected chi connectivity index (χ2v) is 7.40. The molecule has 2 rings (SSSR count). The second kappa shape index (κ2) is 7.25. The minimum absolute atomic E-state index is 0.151. The molecule has 100 valence electrons. The third kappa shape index (κ3) is 4.70. The van der Waals surface area contributed by atoms with Gasteiger partial charge in [0.05, 0.1) is 12.1 Å². The Balaban J connectivity index is 1.73. The fraction of sp³-hybridized carbons (Fsp3) is 0.636. The monoisotopic (exact) mass is 304 g/mol. The molecule has 1 saturated heterocycles. The minimum atomic E-state index is -0.770. The van der Waals surface area contributed by atoms with Crippen molar-refractivity contribution in [2.45, 2.75) is 18.1 Å². The Bertz CT molecular complexity index is 391. The lowest BCUT2D eigenvalue weighted by atomic mass is 10.2. The number of anilines is 1. The zero-order valence-corrected chi connectivity index (χ0v) is 12.4. The number of carboxylic acids is 1. The van der Waals surface area contributed by atoms with Crippen LogP contribution in [0.4, 0.5) is 5.13 Å². The molecule has 2 N–H and O–H groups in total. The van der Waals surface area contributed by atoms with Crippen LogP contribution in [0.25, 0.3) is 0 Å². The maximum absolute atomic E-state index is 10.5. The SMILES string of the molecule is O=C(O)CCc1csc(NCC2CSCCS2)n1.